The van der Waals surface area contributed by atoms with Crippen molar-refractivity contribution in [3.8, 4) is 11.4 Å². The fraction of sp³-hybridized carbons (Fsp3) is 0.316. The second-order valence-corrected chi connectivity index (χ2v) is 6.30. The molecule has 0 atom stereocenters. The van der Waals surface area contributed by atoms with Gasteiger partial charge in [-0.25, -0.2) is 0 Å². The molecule has 22 heavy (non-hydrogen) atoms. The molecule has 2 heterocycles. The fourth-order valence-corrected chi connectivity index (χ4v) is 3.46. The minimum absolute atomic E-state index is 0.617. The molecular weight excluding hydrogens is 270 g/mol. The van der Waals surface area contributed by atoms with Gasteiger partial charge in [-0.2, -0.15) is 0 Å². The second-order valence-electron chi connectivity index (χ2n) is 6.30. The predicted octanol–water partition coefficient (Wildman–Crippen LogP) is 4.89. The molecule has 1 saturated carbocycles. The zero-order chi connectivity index (χ0) is 14.9. The first-order chi connectivity index (χ1) is 10.8. The Bertz CT molecular complexity index is 783. The van der Waals surface area contributed by atoms with Gasteiger partial charge in [0.05, 0.1) is 22.6 Å². The summed E-state index contributed by atoms with van der Waals surface area (Å²) in [6.45, 7) is 2.16. The quantitative estimate of drug-likeness (QED) is 0.721. The van der Waals surface area contributed by atoms with Gasteiger partial charge in [0.2, 0.25) is 0 Å². The number of nitrogens with one attached hydrogen (secondary N) is 2. The summed E-state index contributed by atoms with van der Waals surface area (Å²) in [4.78, 5) is 8.00. The molecule has 2 aromatic heterocycles. The van der Waals surface area contributed by atoms with Crippen molar-refractivity contribution in [2.75, 3.05) is 5.32 Å². The van der Waals surface area contributed by atoms with E-state index in [4.69, 9.17) is 0 Å². The monoisotopic (exact) mass is 291 g/mol. The lowest BCUT2D eigenvalue weighted by atomic mass is 10.1. The maximum Gasteiger partial charge on any atom is 0.0864 e. The van der Waals surface area contributed by atoms with Crippen molar-refractivity contribution in [3.63, 3.8) is 0 Å². The van der Waals surface area contributed by atoms with Crippen LogP contribution in [-0.2, 0) is 0 Å². The number of rotatable bonds is 3. The van der Waals surface area contributed by atoms with Gasteiger partial charge in [-0.1, -0.05) is 18.9 Å². The van der Waals surface area contributed by atoms with Crippen molar-refractivity contribution < 1.29 is 0 Å². The van der Waals surface area contributed by atoms with Crippen molar-refractivity contribution in [1.29, 1.82) is 0 Å². The molecular formula is C19H21N3. The van der Waals surface area contributed by atoms with Gasteiger partial charge in [0.15, 0.2) is 0 Å². The molecule has 4 rings (SSSR count). The van der Waals surface area contributed by atoms with E-state index in [1.807, 2.05) is 24.4 Å². The maximum absolute atomic E-state index is 4.45. The van der Waals surface area contributed by atoms with Crippen LogP contribution < -0.4 is 5.32 Å². The SMILES string of the molecule is Cc1cc(NC2CCCC2)c2[nH]c(-c3ccccn3)cc2c1. The number of aromatic nitrogens is 2. The fourth-order valence-electron chi connectivity index (χ4n) is 3.46. The Kier molecular flexibility index (Phi) is 3.34. The van der Waals surface area contributed by atoms with Crippen LogP contribution in [-0.4, -0.2) is 16.0 Å². The molecule has 1 fully saturated rings. The van der Waals surface area contributed by atoms with E-state index in [0.29, 0.717) is 6.04 Å². The van der Waals surface area contributed by atoms with E-state index in [-0.39, 0.29) is 0 Å². The zero-order valence-electron chi connectivity index (χ0n) is 12.9. The zero-order valence-corrected chi connectivity index (χ0v) is 12.9. The van der Waals surface area contributed by atoms with E-state index in [1.165, 1.54) is 47.8 Å². The molecule has 0 bridgehead atoms. The van der Waals surface area contributed by atoms with Gasteiger partial charge in [-0.15, -0.1) is 0 Å². The van der Waals surface area contributed by atoms with Crippen LogP contribution in [0.1, 0.15) is 31.2 Å². The summed E-state index contributed by atoms with van der Waals surface area (Å²) in [5, 5.41) is 4.99. The van der Waals surface area contributed by atoms with Crippen LogP contribution in [0.3, 0.4) is 0 Å². The molecule has 0 amide bonds. The van der Waals surface area contributed by atoms with Crippen LogP contribution >= 0.6 is 0 Å². The van der Waals surface area contributed by atoms with Gasteiger partial charge in [-0.3, -0.25) is 4.98 Å². The first-order valence-corrected chi connectivity index (χ1v) is 8.11. The van der Waals surface area contributed by atoms with E-state index in [0.717, 1.165) is 11.4 Å². The van der Waals surface area contributed by atoms with Crippen LogP contribution in [0, 0.1) is 6.92 Å². The van der Waals surface area contributed by atoms with Crippen molar-refractivity contribution in [2.45, 2.75) is 38.6 Å². The molecule has 0 unspecified atom stereocenters. The van der Waals surface area contributed by atoms with Gasteiger partial charge in [0.25, 0.3) is 0 Å². The first-order valence-electron chi connectivity index (χ1n) is 8.11. The molecule has 3 aromatic rings. The van der Waals surface area contributed by atoms with E-state index in [9.17, 15) is 0 Å². The van der Waals surface area contributed by atoms with Crippen LogP contribution in [0.4, 0.5) is 5.69 Å². The first kappa shape index (κ1) is 13.4. The average Bonchev–Trinajstić information content (AvgIpc) is 3.17. The Morgan fingerprint density at radius 2 is 2.00 bits per heavy atom. The van der Waals surface area contributed by atoms with Crippen molar-refractivity contribution in [2.24, 2.45) is 0 Å². The standard InChI is InChI=1S/C19H21N3/c1-13-10-14-12-17(16-8-4-5-9-20-16)22-19(14)18(11-13)21-15-6-2-3-7-15/h4-5,8-12,15,21-22H,2-3,6-7H2,1H3. The lowest BCUT2D eigenvalue weighted by Crippen LogP contribution is -2.14. The predicted molar refractivity (Wildman–Crippen MR) is 92.1 cm³/mol. The Balaban J connectivity index is 1.77. The molecule has 0 saturated heterocycles. The Labute approximate surface area is 130 Å². The molecule has 1 aliphatic rings. The highest BCUT2D eigenvalue weighted by Crippen LogP contribution is 2.31. The number of fused-ring (bicyclic) bond motifs is 1. The largest absolute Gasteiger partial charge is 0.381 e. The van der Waals surface area contributed by atoms with Gasteiger partial charge < -0.3 is 10.3 Å². The number of hydrogen-bond donors (Lipinski definition) is 2. The summed E-state index contributed by atoms with van der Waals surface area (Å²) in [6, 6.07) is 13.3. The molecule has 3 nitrogen and oxygen atoms in total. The Morgan fingerprint density at radius 1 is 1.14 bits per heavy atom. The summed E-state index contributed by atoms with van der Waals surface area (Å²) in [7, 11) is 0. The molecule has 1 aliphatic carbocycles. The number of pyridine rings is 1. The highest BCUT2D eigenvalue weighted by atomic mass is 14.9. The highest BCUT2D eigenvalue weighted by Gasteiger charge is 2.16. The lowest BCUT2D eigenvalue weighted by Gasteiger charge is -2.15. The van der Waals surface area contributed by atoms with Crippen molar-refractivity contribution >= 4 is 16.6 Å². The van der Waals surface area contributed by atoms with Gasteiger partial charge in [-0.05, 0) is 55.7 Å². The number of nitrogens with zero attached hydrogens (tertiary/aromatic N) is 1. The highest BCUT2D eigenvalue weighted by molar-refractivity contribution is 5.95. The van der Waals surface area contributed by atoms with Gasteiger partial charge in [0, 0.05) is 17.6 Å². The van der Waals surface area contributed by atoms with Crippen LogP contribution in [0.15, 0.2) is 42.6 Å². The molecule has 3 heteroatoms. The summed E-state index contributed by atoms with van der Waals surface area (Å²) in [5.74, 6) is 0. The number of aryl methyl sites for hydroxylation is 1. The third kappa shape index (κ3) is 2.47. The minimum atomic E-state index is 0.617. The lowest BCUT2D eigenvalue weighted by molar-refractivity contribution is 0.756. The van der Waals surface area contributed by atoms with Crippen LogP contribution in [0.2, 0.25) is 0 Å². The number of benzene rings is 1. The summed E-state index contributed by atoms with van der Waals surface area (Å²) < 4.78 is 0. The Hall–Kier alpha value is -2.29. The van der Waals surface area contributed by atoms with Crippen molar-refractivity contribution in [1.82, 2.24) is 9.97 Å². The van der Waals surface area contributed by atoms with E-state index < -0.39 is 0 Å². The minimum Gasteiger partial charge on any atom is -0.381 e. The van der Waals surface area contributed by atoms with Crippen LogP contribution in [0.25, 0.3) is 22.3 Å². The van der Waals surface area contributed by atoms with Gasteiger partial charge >= 0.3 is 0 Å². The molecule has 2 N–H and O–H groups in total. The smallest absolute Gasteiger partial charge is 0.0864 e. The number of H-pyrrole nitrogens is 1. The normalized spacial score (nSPS) is 15.5. The van der Waals surface area contributed by atoms with E-state index in [2.05, 4.69) is 40.4 Å². The molecule has 0 radical (unpaired) electrons. The van der Waals surface area contributed by atoms with E-state index in [1.54, 1.807) is 0 Å². The molecule has 1 aromatic carbocycles. The number of anilines is 1. The number of aromatic amines is 1. The summed E-state index contributed by atoms with van der Waals surface area (Å²) in [6.07, 6.45) is 7.09. The second kappa shape index (κ2) is 5.48. The third-order valence-electron chi connectivity index (χ3n) is 4.53. The summed E-state index contributed by atoms with van der Waals surface area (Å²) >= 11 is 0. The maximum atomic E-state index is 4.45. The van der Waals surface area contributed by atoms with Crippen LogP contribution in [0.5, 0.6) is 0 Å². The van der Waals surface area contributed by atoms with Gasteiger partial charge in [0.1, 0.15) is 0 Å². The molecule has 112 valence electrons. The molecule has 0 spiro atoms. The van der Waals surface area contributed by atoms with Crippen molar-refractivity contribution in [3.05, 3.63) is 48.2 Å². The topological polar surface area (TPSA) is 40.7 Å². The average molecular weight is 291 g/mol. The third-order valence-corrected chi connectivity index (χ3v) is 4.53. The molecule has 0 aliphatic heterocycles. The summed E-state index contributed by atoms with van der Waals surface area (Å²) in [5.41, 5.74) is 5.78. The van der Waals surface area contributed by atoms with E-state index >= 15 is 0 Å². The number of hydrogen-bond acceptors (Lipinski definition) is 2. The Morgan fingerprint density at radius 3 is 2.77 bits per heavy atom.